The summed E-state index contributed by atoms with van der Waals surface area (Å²) < 4.78 is 0. The number of anilines is 2. The van der Waals surface area contributed by atoms with Crippen LogP contribution in [0.4, 0.5) is 11.4 Å². The van der Waals surface area contributed by atoms with E-state index in [1.54, 1.807) is 0 Å². The summed E-state index contributed by atoms with van der Waals surface area (Å²) >= 11 is 0. The number of carbonyl (C=O) groups excluding carboxylic acids is 2. The lowest BCUT2D eigenvalue weighted by Crippen LogP contribution is -2.41. The highest BCUT2D eigenvalue weighted by molar-refractivity contribution is 5.91. The number of nitrogens with one attached hydrogen (secondary N) is 1. The van der Waals surface area contributed by atoms with E-state index in [-0.39, 0.29) is 23.8 Å². The van der Waals surface area contributed by atoms with E-state index in [0.29, 0.717) is 13.0 Å². The Morgan fingerprint density at radius 1 is 0.968 bits per heavy atom. The predicted octanol–water partition coefficient (Wildman–Crippen LogP) is 5.42. The van der Waals surface area contributed by atoms with Gasteiger partial charge in [-0.05, 0) is 49.1 Å². The van der Waals surface area contributed by atoms with Crippen LogP contribution in [0.15, 0.2) is 48.5 Å². The Hall–Kier alpha value is -2.82. The third kappa shape index (κ3) is 6.33. The molecule has 2 atom stereocenters. The second-order valence-electron chi connectivity index (χ2n) is 8.23. The van der Waals surface area contributed by atoms with Gasteiger partial charge < -0.3 is 15.1 Å². The van der Waals surface area contributed by atoms with Crippen molar-refractivity contribution in [1.82, 2.24) is 4.90 Å². The molecule has 5 nitrogen and oxygen atoms in total. The quantitative estimate of drug-likeness (QED) is 0.555. The second-order valence-corrected chi connectivity index (χ2v) is 8.23. The van der Waals surface area contributed by atoms with E-state index in [2.05, 4.69) is 31.0 Å². The summed E-state index contributed by atoms with van der Waals surface area (Å²) in [7, 11) is 3.99. The fraction of sp³-hybridized carbons (Fsp3) is 0.462. The molecule has 0 radical (unpaired) electrons. The molecule has 168 valence electrons. The maximum absolute atomic E-state index is 13.7. The van der Waals surface area contributed by atoms with Gasteiger partial charge in [-0.25, -0.2) is 0 Å². The van der Waals surface area contributed by atoms with E-state index < -0.39 is 0 Å². The molecule has 5 heteroatoms. The lowest BCUT2D eigenvalue weighted by Gasteiger charge is -2.33. The molecule has 0 aliphatic heterocycles. The number of amides is 2. The number of rotatable bonds is 10. The number of hydrogen-bond acceptors (Lipinski definition) is 3. The molecule has 2 amide bonds. The van der Waals surface area contributed by atoms with Gasteiger partial charge in [0.1, 0.15) is 0 Å². The summed E-state index contributed by atoms with van der Waals surface area (Å²) in [6.07, 6.45) is 2.06. The predicted molar refractivity (Wildman–Crippen MR) is 129 cm³/mol. The Kier molecular flexibility index (Phi) is 9.10. The summed E-state index contributed by atoms with van der Waals surface area (Å²) in [5.74, 6) is -0.0368. The van der Waals surface area contributed by atoms with Gasteiger partial charge in [-0.15, -0.1) is 0 Å². The van der Waals surface area contributed by atoms with Crippen LogP contribution in [0.5, 0.6) is 0 Å². The van der Waals surface area contributed by atoms with Crippen LogP contribution in [-0.4, -0.2) is 36.9 Å². The Labute approximate surface area is 187 Å². The van der Waals surface area contributed by atoms with E-state index in [0.717, 1.165) is 35.3 Å². The third-order valence-corrected chi connectivity index (χ3v) is 5.82. The van der Waals surface area contributed by atoms with Crippen molar-refractivity contribution in [2.24, 2.45) is 0 Å². The molecule has 0 spiro atoms. The largest absolute Gasteiger partial charge is 0.377 e. The second kappa shape index (κ2) is 11.5. The van der Waals surface area contributed by atoms with Gasteiger partial charge in [0.25, 0.3) is 0 Å². The van der Waals surface area contributed by atoms with Gasteiger partial charge in [0.05, 0.1) is 5.92 Å². The van der Waals surface area contributed by atoms with Crippen LogP contribution in [-0.2, 0) is 16.1 Å². The van der Waals surface area contributed by atoms with Crippen LogP contribution in [0.3, 0.4) is 0 Å². The first-order valence-electron chi connectivity index (χ1n) is 11.3. The molecule has 0 saturated heterocycles. The molecule has 31 heavy (non-hydrogen) atoms. The first-order valence-corrected chi connectivity index (χ1v) is 11.3. The number of nitrogens with zero attached hydrogens (tertiary/aromatic N) is 2. The van der Waals surface area contributed by atoms with Crippen molar-refractivity contribution < 1.29 is 9.59 Å². The molecular weight excluding hydrogens is 386 g/mol. The average molecular weight is 424 g/mol. The van der Waals surface area contributed by atoms with Gasteiger partial charge >= 0.3 is 0 Å². The van der Waals surface area contributed by atoms with E-state index >= 15 is 0 Å². The van der Waals surface area contributed by atoms with Crippen LogP contribution in [0.1, 0.15) is 64.0 Å². The summed E-state index contributed by atoms with van der Waals surface area (Å²) in [5, 5.41) is 2.94. The molecule has 2 aromatic carbocycles. The fourth-order valence-electron chi connectivity index (χ4n) is 3.77. The molecule has 1 N–H and O–H groups in total. The van der Waals surface area contributed by atoms with Crippen molar-refractivity contribution in [3.8, 4) is 0 Å². The molecule has 0 saturated carbocycles. The summed E-state index contributed by atoms with van der Waals surface area (Å²) in [6, 6.07) is 16.1. The van der Waals surface area contributed by atoms with Crippen LogP contribution in [0, 0.1) is 0 Å². The number of benzene rings is 2. The van der Waals surface area contributed by atoms with Gasteiger partial charge in [-0.1, -0.05) is 51.1 Å². The van der Waals surface area contributed by atoms with Crippen molar-refractivity contribution in [1.29, 1.82) is 0 Å². The maximum atomic E-state index is 13.7. The van der Waals surface area contributed by atoms with Crippen LogP contribution in [0.2, 0.25) is 0 Å². The first-order chi connectivity index (χ1) is 14.8. The standard InChI is InChI=1S/C26H37N3O2/c1-7-19(4)29(26(31)23(8-2)20-13-11-10-12-14-20)18-21-17-22(27-25(30)9-3)15-16-24(21)28(5)6/h10-17,19,23H,7-9,18H2,1-6H3,(H,27,30). The SMILES string of the molecule is CCC(=O)Nc1ccc(N(C)C)c(CN(C(=O)C(CC)c2ccccc2)C(C)CC)c1. The molecule has 0 aliphatic rings. The molecule has 2 rings (SSSR count). The lowest BCUT2D eigenvalue weighted by atomic mass is 9.94. The van der Waals surface area contributed by atoms with Crippen LogP contribution >= 0.6 is 0 Å². The van der Waals surface area contributed by atoms with Crippen LogP contribution < -0.4 is 10.2 Å². The van der Waals surface area contributed by atoms with Crippen LogP contribution in [0.25, 0.3) is 0 Å². The Morgan fingerprint density at radius 2 is 1.65 bits per heavy atom. The minimum absolute atomic E-state index is 0.0199. The zero-order valence-corrected chi connectivity index (χ0v) is 19.8. The minimum atomic E-state index is -0.166. The third-order valence-electron chi connectivity index (χ3n) is 5.82. The molecule has 0 aromatic heterocycles. The Morgan fingerprint density at radius 3 is 2.19 bits per heavy atom. The topological polar surface area (TPSA) is 52.7 Å². The first kappa shape index (κ1) is 24.4. The monoisotopic (exact) mass is 423 g/mol. The smallest absolute Gasteiger partial charge is 0.230 e. The molecule has 0 fully saturated rings. The van der Waals surface area contributed by atoms with E-state index in [4.69, 9.17) is 0 Å². The molecule has 0 aliphatic carbocycles. The van der Waals surface area contributed by atoms with Crippen molar-refractivity contribution in [2.75, 3.05) is 24.3 Å². The average Bonchev–Trinajstić information content (AvgIpc) is 2.77. The highest BCUT2D eigenvalue weighted by Gasteiger charge is 2.28. The molecular formula is C26H37N3O2. The van der Waals surface area contributed by atoms with Gasteiger partial charge in [0.2, 0.25) is 11.8 Å². The minimum Gasteiger partial charge on any atom is -0.377 e. The number of hydrogen-bond donors (Lipinski definition) is 1. The zero-order valence-electron chi connectivity index (χ0n) is 19.8. The Balaban J connectivity index is 2.42. The summed E-state index contributed by atoms with van der Waals surface area (Å²) in [6.45, 7) is 8.62. The van der Waals surface area contributed by atoms with Crippen molar-refractivity contribution in [3.63, 3.8) is 0 Å². The van der Waals surface area contributed by atoms with E-state index in [1.165, 1.54) is 0 Å². The van der Waals surface area contributed by atoms with Gasteiger partial charge in [-0.3, -0.25) is 9.59 Å². The van der Waals surface area contributed by atoms with Crippen molar-refractivity contribution in [3.05, 3.63) is 59.7 Å². The van der Waals surface area contributed by atoms with E-state index in [1.807, 2.05) is 74.4 Å². The normalized spacial score (nSPS) is 12.7. The van der Waals surface area contributed by atoms with Crippen molar-refractivity contribution in [2.45, 2.75) is 65.5 Å². The fourth-order valence-corrected chi connectivity index (χ4v) is 3.77. The number of carbonyl (C=O) groups is 2. The molecule has 2 aromatic rings. The molecule has 0 heterocycles. The van der Waals surface area contributed by atoms with Gasteiger partial charge in [0, 0.05) is 44.5 Å². The maximum Gasteiger partial charge on any atom is 0.230 e. The zero-order chi connectivity index (χ0) is 23.0. The molecule has 0 bridgehead atoms. The highest BCUT2D eigenvalue weighted by atomic mass is 16.2. The van der Waals surface area contributed by atoms with E-state index in [9.17, 15) is 9.59 Å². The summed E-state index contributed by atoms with van der Waals surface area (Å²) in [5.41, 5.74) is 3.89. The lowest BCUT2D eigenvalue weighted by molar-refractivity contribution is -0.135. The van der Waals surface area contributed by atoms with Gasteiger partial charge in [0.15, 0.2) is 0 Å². The summed E-state index contributed by atoms with van der Waals surface area (Å²) in [4.78, 5) is 29.7. The van der Waals surface area contributed by atoms with Crippen molar-refractivity contribution >= 4 is 23.2 Å². The highest BCUT2D eigenvalue weighted by Crippen LogP contribution is 2.29. The molecule has 2 unspecified atom stereocenters. The Bertz CT molecular complexity index is 864. The van der Waals surface area contributed by atoms with Gasteiger partial charge in [-0.2, -0.15) is 0 Å².